The molecule has 0 spiro atoms. The molecule has 1 unspecified atom stereocenters. The summed E-state index contributed by atoms with van der Waals surface area (Å²) in [4.78, 5) is 24.5. The monoisotopic (exact) mass is 436 g/mol. The normalized spacial score (nSPS) is 12.5. The molecule has 0 aliphatic rings. The largest absolute Gasteiger partial charge is 0.479 e. The Morgan fingerprint density at radius 2 is 1.87 bits per heavy atom. The number of carbonyl (C=O) groups is 1. The number of hydrogen-bond acceptors (Lipinski definition) is 6. The van der Waals surface area contributed by atoms with E-state index in [1.807, 2.05) is 0 Å². The number of alkyl halides is 3. The highest BCUT2D eigenvalue weighted by Crippen LogP contribution is 2.38. The molecule has 6 nitrogen and oxygen atoms in total. The third-order valence-electron chi connectivity index (χ3n) is 4.22. The van der Waals surface area contributed by atoms with Gasteiger partial charge in [0.2, 0.25) is 11.2 Å². The van der Waals surface area contributed by atoms with Crippen molar-refractivity contribution in [3.05, 3.63) is 64.0 Å². The maximum Gasteiger partial charge on any atom is 0.453 e. The van der Waals surface area contributed by atoms with Gasteiger partial charge in [0.05, 0.1) is 12.0 Å². The van der Waals surface area contributed by atoms with Crippen molar-refractivity contribution < 1.29 is 36.6 Å². The van der Waals surface area contributed by atoms with E-state index in [-0.39, 0.29) is 29.1 Å². The predicted octanol–water partition coefficient (Wildman–Crippen LogP) is 5.24. The minimum atomic E-state index is -4.98. The molecular formula is C22H19F3O6. The van der Waals surface area contributed by atoms with Crippen LogP contribution in [0.2, 0.25) is 0 Å². The van der Waals surface area contributed by atoms with Crippen molar-refractivity contribution in [3.63, 3.8) is 0 Å². The van der Waals surface area contributed by atoms with Crippen LogP contribution in [0.3, 0.4) is 0 Å². The first-order valence-corrected chi connectivity index (χ1v) is 9.36. The second-order valence-corrected chi connectivity index (χ2v) is 6.68. The molecule has 1 heterocycles. The summed E-state index contributed by atoms with van der Waals surface area (Å²) in [6, 6.07) is 9.96. The molecule has 1 atom stereocenters. The van der Waals surface area contributed by atoms with Crippen molar-refractivity contribution in [2.75, 3.05) is 6.61 Å². The molecule has 0 amide bonds. The fraction of sp³-hybridized carbons (Fsp3) is 0.273. The van der Waals surface area contributed by atoms with Gasteiger partial charge in [0.1, 0.15) is 17.1 Å². The lowest BCUT2D eigenvalue weighted by atomic mass is 10.2. The maximum absolute atomic E-state index is 13.6. The first-order valence-electron chi connectivity index (χ1n) is 9.36. The van der Waals surface area contributed by atoms with Gasteiger partial charge in [-0.1, -0.05) is 12.1 Å². The molecule has 0 aliphatic carbocycles. The number of aryl methyl sites for hydroxylation is 1. The van der Waals surface area contributed by atoms with Crippen molar-refractivity contribution in [2.45, 2.75) is 33.1 Å². The smallest absolute Gasteiger partial charge is 0.453 e. The molecule has 164 valence electrons. The Hall–Kier alpha value is -3.49. The van der Waals surface area contributed by atoms with E-state index in [0.717, 1.165) is 11.6 Å². The average molecular weight is 436 g/mol. The molecule has 0 saturated heterocycles. The van der Waals surface area contributed by atoms with Gasteiger partial charge in [-0.25, -0.2) is 4.79 Å². The van der Waals surface area contributed by atoms with Crippen LogP contribution in [0, 0.1) is 6.92 Å². The number of ether oxygens (including phenoxy) is 3. The van der Waals surface area contributed by atoms with Crippen LogP contribution >= 0.6 is 0 Å². The van der Waals surface area contributed by atoms with Crippen LogP contribution in [0.15, 0.2) is 51.7 Å². The number of benzene rings is 2. The molecule has 31 heavy (non-hydrogen) atoms. The molecule has 9 heteroatoms. The van der Waals surface area contributed by atoms with Crippen molar-refractivity contribution in [3.8, 4) is 17.2 Å². The lowest BCUT2D eigenvalue weighted by molar-refractivity contribution is -0.154. The Kier molecular flexibility index (Phi) is 6.24. The van der Waals surface area contributed by atoms with Crippen LogP contribution in [-0.4, -0.2) is 18.7 Å². The van der Waals surface area contributed by atoms with Gasteiger partial charge < -0.3 is 18.6 Å². The summed E-state index contributed by atoms with van der Waals surface area (Å²) in [6.07, 6.45) is -5.99. The van der Waals surface area contributed by atoms with Crippen molar-refractivity contribution in [2.24, 2.45) is 0 Å². The van der Waals surface area contributed by atoms with Crippen LogP contribution in [-0.2, 0) is 15.7 Å². The van der Waals surface area contributed by atoms with Gasteiger partial charge in [-0.15, -0.1) is 0 Å². The van der Waals surface area contributed by atoms with Gasteiger partial charge in [0.25, 0.3) is 5.76 Å². The zero-order valence-electron chi connectivity index (χ0n) is 16.9. The third-order valence-corrected chi connectivity index (χ3v) is 4.22. The zero-order chi connectivity index (χ0) is 22.8. The highest BCUT2D eigenvalue weighted by atomic mass is 19.4. The maximum atomic E-state index is 13.6. The van der Waals surface area contributed by atoms with Crippen molar-refractivity contribution >= 4 is 16.9 Å². The van der Waals surface area contributed by atoms with E-state index in [1.165, 1.54) is 31.2 Å². The Balaban J connectivity index is 2.06. The first-order chi connectivity index (χ1) is 14.6. The van der Waals surface area contributed by atoms with Gasteiger partial charge in [-0.05, 0) is 50.6 Å². The molecule has 2 aromatic carbocycles. The summed E-state index contributed by atoms with van der Waals surface area (Å²) in [5, 5.41) is -0.133. The molecular weight excluding hydrogens is 417 g/mol. The molecule has 0 radical (unpaired) electrons. The van der Waals surface area contributed by atoms with Crippen LogP contribution in [0.25, 0.3) is 11.0 Å². The van der Waals surface area contributed by atoms with Crippen LogP contribution in [0.5, 0.6) is 17.2 Å². The highest BCUT2D eigenvalue weighted by molar-refractivity contribution is 5.80. The zero-order valence-corrected chi connectivity index (χ0v) is 16.9. The Labute approximate surface area is 175 Å². The molecule has 3 rings (SSSR count). The van der Waals surface area contributed by atoms with E-state index in [4.69, 9.17) is 18.6 Å². The molecule has 0 N–H and O–H groups in total. The van der Waals surface area contributed by atoms with E-state index < -0.39 is 35.2 Å². The number of rotatable bonds is 6. The molecule has 0 saturated carbocycles. The first kappa shape index (κ1) is 22.2. The predicted molar refractivity (Wildman–Crippen MR) is 105 cm³/mol. The topological polar surface area (TPSA) is 75.0 Å². The van der Waals surface area contributed by atoms with Crippen molar-refractivity contribution in [1.29, 1.82) is 0 Å². The van der Waals surface area contributed by atoms with Crippen molar-refractivity contribution in [1.82, 2.24) is 0 Å². The number of halogens is 3. The Bertz CT molecular complexity index is 1170. The van der Waals surface area contributed by atoms with Gasteiger partial charge in [0.15, 0.2) is 6.10 Å². The van der Waals surface area contributed by atoms with Gasteiger partial charge >= 0.3 is 12.1 Å². The third kappa shape index (κ3) is 4.99. The summed E-state index contributed by atoms with van der Waals surface area (Å²) in [5.74, 6) is -3.06. The lowest BCUT2D eigenvalue weighted by Gasteiger charge is -2.15. The number of fused-ring (bicyclic) bond motifs is 1. The number of hydrogen-bond donors (Lipinski definition) is 0. The second kappa shape index (κ2) is 8.71. The van der Waals surface area contributed by atoms with Gasteiger partial charge in [-0.2, -0.15) is 13.2 Å². The van der Waals surface area contributed by atoms with Crippen LogP contribution in [0.4, 0.5) is 13.2 Å². The van der Waals surface area contributed by atoms with E-state index in [1.54, 1.807) is 26.0 Å². The standard InChI is InChI=1S/C22H19F3O6/c1-4-28-21(27)13(3)29-15-8-9-16-17(11-15)31-20(22(23,24)25)19(18(16)26)30-14-7-5-6-12(2)10-14/h5-11,13H,4H2,1-3H3. The van der Waals surface area contributed by atoms with E-state index >= 15 is 0 Å². The van der Waals surface area contributed by atoms with Crippen LogP contribution < -0.4 is 14.9 Å². The van der Waals surface area contributed by atoms with Crippen LogP contribution in [0.1, 0.15) is 25.2 Å². The summed E-state index contributed by atoms with van der Waals surface area (Å²) < 4.78 is 61.4. The SMILES string of the molecule is CCOC(=O)C(C)Oc1ccc2c(=O)c(Oc3cccc(C)c3)c(C(F)(F)F)oc2c1. The minimum Gasteiger partial charge on any atom is -0.479 e. The summed E-state index contributed by atoms with van der Waals surface area (Å²) in [6.45, 7) is 4.94. The average Bonchev–Trinajstić information content (AvgIpc) is 2.69. The minimum absolute atomic E-state index is 0.0386. The highest BCUT2D eigenvalue weighted by Gasteiger charge is 2.40. The van der Waals surface area contributed by atoms with E-state index in [2.05, 4.69) is 0 Å². The second-order valence-electron chi connectivity index (χ2n) is 6.68. The Morgan fingerprint density at radius 1 is 1.13 bits per heavy atom. The lowest BCUT2D eigenvalue weighted by Crippen LogP contribution is -2.26. The number of esters is 1. The van der Waals surface area contributed by atoms with Gasteiger partial charge in [-0.3, -0.25) is 4.79 Å². The summed E-state index contributed by atoms with van der Waals surface area (Å²) in [7, 11) is 0. The van der Waals surface area contributed by atoms with E-state index in [0.29, 0.717) is 0 Å². The molecule has 0 fully saturated rings. The molecule has 1 aromatic heterocycles. The molecule has 0 aliphatic heterocycles. The molecule has 0 bridgehead atoms. The number of carbonyl (C=O) groups excluding carboxylic acids is 1. The molecule has 3 aromatic rings. The fourth-order valence-electron chi connectivity index (χ4n) is 2.82. The summed E-state index contributed by atoms with van der Waals surface area (Å²) >= 11 is 0. The van der Waals surface area contributed by atoms with Gasteiger partial charge in [0, 0.05) is 6.07 Å². The fourth-order valence-corrected chi connectivity index (χ4v) is 2.82. The summed E-state index contributed by atoms with van der Waals surface area (Å²) in [5.41, 5.74) is -0.601. The van der Waals surface area contributed by atoms with E-state index in [9.17, 15) is 22.8 Å². The quantitative estimate of drug-likeness (QED) is 0.492. The Morgan fingerprint density at radius 3 is 2.52 bits per heavy atom.